The summed E-state index contributed by atoms with van der Waals surface area (Å²) in [7, 11) is 0. The van der Waals surface area contributed by atoms with Crippen molar-refractivity contribution in [2.45, 2.75) is 27.2 Å². The molecule has 0 N–H and O–H groups in total. The van der Waals surface area contributed by atoms with Gasteiger partial charge in [-0.05, 0) is 37.5 Å². The van der Waals surface area contributed by atoms with Crippen LogP contribution in [0.5, 0.6) is 5.75 Å². The summed E-state index contributed by atoms with van der Waals surface area (Å²) in [6, 6.07) is 4.06. The average Bonchev–Trinajstić information content (AvgIpc) is 2.58. The van der Waals surface area contributed by atoms with Crippen LogP contribution in [0.3, 0.4) is 0 Å². The monoisotopic (exact) mass is 352 g/mol. The van der Waals surface area contributed by atoms with Crippen molar-refractivity contribution in [1.82, 2.24) is 9.80 Å². The quantitative estimate of drug-likeness (QED) is 0.764. The van der Waals surface area contributed by atoms with E-state index in [4.69, 9.17) is 16.3 Å². The van der Waals surface area contributed by atoms with E-state index in [1.54, 1.807) is 9.80 Å². The number of benzene rings is 1. The molecule has 1 aromatic carbocycles. The predicted molar refractivity (Wildman–Crippen MR) is 94.6 cm³/mol. The van der Waals surface area contributed by atoms with Crippen LogP contribution in [0.4, 0.5) is 0 Å². The molecule has 2 amide bonds. The Balaban J connectivity index is 1.87. The molecule has 1 aliphatic heterocycles. The van der Waals surface area contributed by atoms with Crippen molar-refractivity contribution < 1.29 is 14.3 Å². The highest BCUT2D eigenvalue weighted by Crippen LogP contribution is 2.25. The molecule has 0 unspecified atom stereocenters. The highest BCUT2D eigenvalue weighted by Gasteiger charge is 2.24. The molecule has 0 bridgehead atoms. The van der Waals surface area contributed by atoms with Crippen LogP contribution in [0, 0.1) is 20.8 Å². The van der Waals surface area contributed by atoms with Gasteiger partial charge in [0.1, 0.15) is 5.75 Å². The summed E-state index contributed by atoms with van der Waals surface area (Å²) < 4.78 is 5.79. The van der Waals surface area contributed by atoms with Crippen LogP contribution in [-0.2, 0) is 9.59 Å². The lowest BCUT2D eigenvalue weighted by Gasteiger charge is -2.34. The SMILES string of the molecule is Cc1ccc(C)c(OCC(=O)N2CCN(C(=O)CCCl)CC2)c1C. The maximum atomic E-state index is 12.4. The molecule has 0 spiro atoms. The molecule has 1 saturated heterocycles. The number of hydrogen-bond donors (Lipinski definition) is 0. The van der Waals surface area contributed by atoms with Gasteiger partial charge in [0.15, 0.2) is 6.61 Å². The van der Waals surface area contributed by atoms with Crippen LogP contribution in [0.15, 0.2) is 12.1 Å². The molecule has 1 heterocycles. The number of alkyl halides is 1. The fourth-order valence-corrected chi connectivity index (χ4v) is 2.98. The Labute approximate surface area is 148 Å². The minimum Gasteiger partial charge on any atom is -0.483 e. The standard InChI is InChI=1S/C18H25ClN2O3/c1-13-4-5-14(2)18(15(13)3)24-12-17(23)21-10-8-20(9-11-21)16(22)6-7-19/h4-5H,6-12H2,1-3H3. The number of hydrogen-bond acceptors (Lipinski definition) is 3. The largest absolute Gasteiger partial charge is 0.483 e. The molecular formula is C18H25ClN2O3. The fraction of sp³-hybridized carbons (Fsp3) is 0.556. The molecule has 0 atom stereocenters. The van der Waals surface area contributed by atoms with Crippen LogP contribution in [0.1, 0.15) is 23.1 Å². The zero-order valence-corrected chi connectivity index (χ0v) is 15.4. The first kappa shape index (κ1) is 18.6. The second-order valence-electron chi connectivity index (χ2n) is 6.14. The van der Waals surface area contributed by atoms with Crippen molar-refractivity contribution >= 4 is 23.4 Å². The van der Waals surface area contributed by atoms with Gasteiger partial charge in [-0.3, -0.25) is 9.59 Å². The number of halogens is 1. The van der Waals surface area contributed by atoms with Gasteiger partial charge in [0.25, 0.3) is 5.91 Å². The van der Waals surface area contributed by atoms with Crippen LogP contribution in [0.25, 0.3) is 0 Å². The third kappa shape index (κ3) is 4.41. The number of rotatable bonds is 5. The lowest BCUT2D eigenvalue weighted by atomic mass is 10.1. The Bertz CT molecular complexity index is 611. The summed E-state index contributed by atoms with van der Waals surface area (Å²) in [4.78, 5) is 27.7. The van der Waals surface area contributed by atoms with Gasteiger partial charge in [0.2, 0.25) is 5.91 Å². The van der Waals surface area contributed by atoms with Gasteiger partial charge in [0, 0.05) is 38.5 Å². The van der Waals surface area contributed by atoms with Crippen LogP contribution in [-0.4, -0.2) is 60.3 Å². The summed E-state index contributed by atoms with van der Waals surface area (Å²) in [6.45, 7) is 8.25. The molecule has 0 saturated carbocycles. The predicted octanol–water partition coefficient (Wildman–Crippen LogP) is 2.29. The molecule has 1 aliphatic rings. The van der Waals surface area contributed by atoms with E-state index in [-0.39, 0.29) is 18.4 Å². The summed E-state index contributed by atoms with van der Waals surface area (Å²) in [5.74, 6) is 1.14. The van der Waals surface area contributed by atoms with Crippen LogP contribution >= 0.6 is 11.6 Å². The first-order valence-corrected chi connectivity index (χ1v) is 8.78. The van der Waals surface area contributed by atoms with Gasteiger partial charge in [-0.1, -0.05) is 12.1 Å². The molecule has 6 heteroatoms. The topological polar surface area (TPSA) is 49.9 Å². The van der Waals surface area contributed by atoms with Gasteiger partial charge in [-0.25, -0.2) is 0 Å². The van der Waals surface area contributed by atoms with E-state index < -0.39 is 0 Å². The third-order valence-corrected chi connectivity index (χ3v) is 4.70. The lowest BCUT2D eigenvalue weighted by Crippen LogP contribution is -2.51. The second kappa shape index (κ2) is 8.38. The Kier molecular flexibility index (Phi) is 6.49. The zero-order chi connectivity index (χ0) is 17.7. The number of piperazine rings is 1. The maximum absolute atomic E-state index is 12.4. The van der Waals surface area contributed by atoms with Gasteiger partial charge in [-0.2, -0.15) is 0 Å². The van der Waals surface area contributed by atoms with Crippen molar-refractivity contribution in [2.24, 2.45) is 0 Å². The summed E-state index contributed by atoms with van der Waals surface area (Å²) in [5, 5.41) is 0. The molecule has 0 radical (unpaired) electrons. The van der Waals surface area contributed by atoms with Crippen molar-refractivity contribution in [2.75, 3.05) is 38.7 Å². The van der Waals surface area contributed by atoms with Crippen molar-refractivity contribution in [3.8, 4) is 5.75 Å². The minimum absolute atomic E-state index is 0.0285. The first-order valence-electron chi connectivity index (χ1n) is 8.25. The zero-order valence-electron chi connectivity index (χ0n) is 14.6. The lowest BCUT2D eigenvalue weighted by molar-refractivity contribution is -0.140. The molecule has 5 nitrogen and oxygen atoms in total. The van der Waals surface area contributed by atoms with Gasteiger partial charge >= 0.3 is 0 Å². The van der Waals surface area contributed by atoms with Crippen LogP contribution < -0.4 is 4.74 Å². The molecule has 132 valence electrons. The Morgan fingerprint density at radius 2 is 1.54 bits per heavy atom. The van der Waals surface area contributed by atoms with E-state index in [0.717, 1.165) is 22.4 Å². The third-order valence-electron chi connectivity index (χ3n) is 4.51. The first-order chi connectivity index (χ1) is 11.4. The van der Waals surface area contributed by atoms with E-state index in [1.807, 2.05) is 26.8 Å². The van der Waals surface area contributed by atoms with E-state index >= 15 is 0 Å². The van der Waals surface area contributed by atoms with Crippen molar-refractivity contribution in [3.63, 3.8) is 0 Å². The molecule has 0 aromatic heterocycles. The average molecular weight is 353 g/mol. The molecule has 2 rings (SSSR count). The Morgan fingerprint density at radius 1 is 1.00 bits per heavy atom. The van der Waals surface area contributed by atoms with Gasteiger partial charge in [-0.15, -0.1) is 11.6 Å². The highest BCUT2D eigenvalue weighted by atomic mass is 35.5. The Hall–Kier alpha value is -1.75. The number of nitrogens with zero attached hydrogens (tertiary/aromatic N) is 2. The summed E-state index contributed by atoms with van der Waals surface area (Å²) in [5.41, 5.74) is 3.25. The summed E-state index contributed by atoms with van der Waals surface area (Å²) >= 11 is 5.60. The van der Waals surface area contributed by atoms with Gasteiger partial charge in [0.05, 0.1) is 0 Å². The van der Waals surface area contributed by atoms with E-state index in [2.05, 4.69) is 6.07 Å². The Morgan fingerprint density at radius 3 is 2.12 bits per heavy atom. The number of carbonyl (C=O) groups is 2. The number of aryl methyl sites for hydroxylation is 2. The smallest absolute Gasteiger partial charge is 0.260 e. The fourth-order valence-electron chi connectivity index (χ4n) is 2.82. The minimum atomic E-state index is -0.0419. The molecular weight excluding hydrogens is 328 g/mol. The molecule has 0 aliphatic carbocycles. The number of carbonyl (C=O) groups excluding carboxylic acids is 2. The molecule has 1 aromatic rings. The maximum Gasteiger partial charge on any atom is 0.260 e. The molecule has 1 fully saturated rings. The van der Waals surface area contributed by atoms with Gasteiger partial charge < -0.3 is 14.5 Å². The van der Waals surface area contributed by atoms with Crippen molar-refractivity contribution in [1.29, 1.82) is 0 Å². The highest BCUT2D eigenvalue weighted by molar-refractivity contribution is 6.18. The van der Waals surface area contributed by atoms with E-state index in [0.29, 0.717) is 38.5 Å². The molecule has 24 heavy (non-hydrogen) atoms. The normalized spacial score (nSPS) is 14.7. The van der Waals surface area contributed by atoms with Crippen molar-refractivity contribution in [3.05, 3.63) is 28.8 Å². The summed E-state index contributed by atoms with van der Waals surface area (Å²) in [6.07, 6.45) is 0.352. The van der Waals surface area contributed by atoms with E-state index in [1.165, 1.54) is 0 Å². The van der Waals surface area contributed by atoms with E-state index in [9.17, 15) is 9.59 Å². The second-order valence-corrected chi connectivity index (χ2v) is 6.52. The number of amides is 2. The number of ether oxygens (including phenoxy) is 1. The van der Waals surface area contributed by atoms with Crippen LogP contribution in [0.2, 0.25) is 0 Å².